The molecular formula is C22H19N3O2. The zero-order chi connectivity index (χ0) is 18.8. The van der Waals surface area contributed by atoms with Crippen molar-refractivity contribution < 1.29 is 9.59 Å². The molecule has 4 aromatic rings. The van der Waals surface area contributed by atoms with Crippen molar-refractivity contribution >= 4 is 33.5 Å². The molecule has 0 fully saturated rings. The van der Waals surface area contributed by atoms with Crippen molar-refractivity contribution in [1.82, 2.24) is 10.3 Å². The Morgan fingerprint density at radius 1 is 0.963 bits per heavy atom. The molecular weight excluding hydrogens is 338 g/mol. The highest BCUT2D eigenvalue weighted by Gasteiger charge is 2.19. The van der Waals surface area contributed by atoms with E-state index in [1.807, 2.05) is 60.8 Å². The van der Waals surface area contributed by atoms with Crippen LogP contribution < -0.4 is 11.1 Å². The number of aromatic amines is 1. The van der Waals surface area contributed by atoms with Crippen LogP contribution in [0.15, 0.2) is 72.9 Å². The molecule has 5 nitrogen and oxygen atoms in total. The van der Waals surface area contributed by atoms with Gasteiger partial charge in [-0.05, 0) is 41.0 Å². The molecule has 0 aliphatic carbocycles. The third-order valence-corrected chi connectivity index (χ3v) is 4.70. The maximum Gasteiger partial charge on any atom is 0.257 e. The predicted molar refractivity (Wildman–Crippen MR) is 106 cm³/mol. The SMILES string of the molecule is N[C@@H](Cc1c[nH]c2ccccc12)C(=O)NC(=O)c1ccc2ccccc2c1. The van der Waals surface area contributed by atoms with Gasteiger partial charge in [0.05, 0.1) is 6.04 Å². The van der Waals surface area contributed by atoms with Gasteiger partial charge in [0, 0.05) is 22.7 Å². The fraction of sp³-hybridized carbons (Fsp3) is 0.0909. The van der Waals surface area contributed by atoms with Gasteiger partial charge in [0.15, 0.2) is 0 Å². The first-order valence-electron chi connectivity index (χ1n) is 8.76. The van der Waals surface area contributed by atoms with Crippen molar-refractivity contribution in [3.63, 3.8) is 0 Å². The monoisotopic (exact) mass is 357 g/mol. The molecule has 0 spiro atoms. The van der Waals surface area contributed by atoms with Gasteiger partial charge in [-0.1, -0.05) is 48.5 Å². The summed E-state index contributed by atoms with van der Waals surface area (Å²) < 4.78 is 0. The minimum Gasteiger partial charge on any atom is -0.361 e. The Bertz CT molecular complexity index is 1150. The first-order valence-corrected chi connectivity index (χ1v) is 8.76. The number of benzene rings is 3. The van der Waals surface area contributed by atoms with E-state index in [0.29, 0.717) is 12.0 Å². The highest BCUT2D eigenvalue weighted by atomic mass is 16.2. The van der Waals surface area contributed by atoms with Crippen LogP contribution in [0.25, 0.3) is 21.7 Å². The van der Waals surface area contributed by atoms with Gasteiger partial charge >= 0.3 is 0 Å². The van der Waals surface area contributed by atoms with Gasteiger partial charge in [-0.25, -0.2) is 0 Å². The molecule has 1 aromatic heterocycles. The molecule has 0 saturated heterocycles. The lowest BCUT2D eigenvalue weighted by atomic mass is 10.0. The number of fused-ring (bicyclic) bond motifs is 2. The number of H-pyrrole nitrogens is 1. The fourth-order valence-electron chi connectivity index (χ4n) is 3.24. The van der Waals surface area contributed by atoms with E-state index in [4.69, 9.17) is 5.73 Å². The third-order valence-electron chi connectivity index (χ3n) is 4.70. The normalized spacial score (nSPS) is 12.2. The van der Waals surface area contributed by atoms with E-state index in [0.717, 1.165) is 27.2 Å². The number of para-hydroxylation sites is 1. The Morgan fingerprint density at radius 2 is 1.70 bits per heavy atom. The number of hydrogen-bond acceptors (Lipinski definition) is 3. The maximum atomic E-state index is 12.4. The Kier molecular flexibility index (Phi) is 4.44. The lowest BCUT2D eigenvalue weighted by molar-refractivity contribution is -0.121. The summed E-state index contributed by atoms with van der Waals surface area (Å²) in [4.78, 5) is 28.0. The summed E-state index contributed by atoms with van der Waals surface area (Å²) in [5.74, 6) is -0.932. The van der Waals surface area contributed by atoms with E-state index in [1.54, 1.807) is 12.1 Å². The predicted octanol–water partition coefficient (Wildman–Crippen LogP) is 3.15. The average molecular weight is 357 g/mol. The van der Waals surface area contributed by atoms with Crippen molar-refractivity contribution in [1.29, 1.82) is 0 Å². The number of rotatable bonds is 4. The number of nitrogens with two attached hydrogens (primary N) is 1. The van der Waals surface area contributed by atoms with Gasteiger partial charge in [0.25, 0.3) is 5.91 Å². The number of hydrogen-bond donors (Lipinski definition) is 3. The summed E-state index contributed by atoms with van der Waals surface area (Å²) >= 11 is 0. The second kappa shape index (κ2) is 7.05. The molecule has 2 amide bonds. The zero-order valence-electron chi connectivity index (χ0n) is 14.6. The molecule has 134 valence electrons. The number of carbonyl (C=O) groups is 2. The lowest BCUT2D eigenvalue weighted by Crippen LogP contribution is -2.44. The third kappa shape index (κ3) is 3.45. The second-order valence-corrected chi connectivity index (χ2v) is 6.55. The van der Waals surface area contributed by atoms with Crippen molar-refractivity contribution in [2.24, 2.45) is 5.73 Å². The molecule has 4 rings (SSSR count). The van der Waals surface area contributed by atoms with Gasteiger partial charge in [-0.15, -0.1) is 0 Å². The van der Waals surface area contributed by atoms with Crippen molar-refractivity contribution in [3.8, 4) is 0 Å². The Morgan fingerprint density at radius 3 is 2.56 bits per heavy atom. The van der Waals surface area contributed by atoms with Gasteiger partial charge in [0.1, 0.15) is 0 Å². The van der Waals surface area contributed by atoms with Crippen molar-refractivity contribution in [2.45, 2.75) is 12.5 Å². The summed E-state index contributed by atoms with van der Waals surface area (Å²) in [5.41, 5.74) is 8.41. The van der Waals surface area contributed by atoms with Crippen molar-refractivity contribution in [3.05, 3.63) is 84.1 Å². The first kappa shape index (κ1) is 17.0. The van der Waals surface area contributed by atoms with Crippen LogP contribution in [0.2, 0.25) is 0 Å². The molecule has 1 atom stereocenters. The van der Waals surface area contributed by atoms with Crippen LogP contribution in [0.5, 0.6) is 0 Å². The van der Waals surface area contributed by atoms with E-state index >= 15 is 0 Å². The molecule has 0 unspecified atom stereocenters. The summed E-state index contributed by atoms with van der Waals surface area (Å²) in [6.07, 6.45) is 2.20. The van der Waals surface area contributed by atoms with Gasteiger partial charge in [-0.3, -0.25) is 14.9 Å². The van der Waals surface area contributed by atoms with Crippen LogP contribution in [0.4, 0.5) is 0 Å². The van der Waals surface area contributed by atoms with Gasteiger partial charge < -0.3 is 10.7 Å². The molecule has 27 heavy (non-hydrogen) atoms. The molecule has 5 heteroatoms. The quantitative estimate of drug-likeness (QED) is 0.524. The van der Waals surface area contributed by atoms with E-state index < -0.39 is 17.9 Å². The summed E-state index contributed by atoms with van der Waals surface area (Å²) in [6.45, 7) is 0. The van der Waals surface area contributed by atoms with Crippen molar-refractivity contribution in [2.75, 3.05) is 0 Å². The van der Waals surface area contributed by atoms with Gasteiger partial charge in [0.2, 0.25) is 5.91 Å². The molecule has 0 radical (unpaired) electrons. The molecule has 0 aliphatic rings. The summed E-state index contributed by atoms with van der Waals surface area (Å²) in [5, 5.41) is 5.42. The highest BCUT2D eigenvalue weighted by Crippen LogP contribution is 2.19. The molecule has 0 bridgehead atoms. The fourth-order valence-corrected chi connectivity index (χ4v) is 3.24. The highest BCUT2D eigenvalue weighted by molar-refractivity contribution is 6.07. The molecule has 4 N–H and O–H groups in total. The molecule has 0 saturated carbocycles. The van der Waals surface area contributed by atoms with Crippen LogP contribution in [0, 0.1) is 0 Å². The topological polar surface area (TPSA) is 88.0 Å². The zero-order valence-corrected chi connectivity index (χ0v) is 14.6. The van der Waals surface area contributed by atoms with Crippen LogP contribution in [0.1, 0.15) is 15.9 Å². The molecule has 3 aromatic carbocycles. The number of amides is 2. The van der Waals surface area contributed by atoms with E-state index in [1.165, 1.54) is 0 Å². The molecule has 1 heterocycles. The Balaban J connectivity index is 1.46. The Labute approximate surface area is 156 Å². The minimum atomic E-state index is -0.811. The second-order valence-electron chi connectivity index (χ2n) is 6.55. The standard InChI is InChI=1S/C22H19N3O2/c23-19(12-17-13-24-20-8-4-3-7-18(17)20)22(27)25-21(26)16-10-9-14-5-1-2-6-15(14)11-16/h1-11,13,19,24H,12,23H2,(H,25,26,27)/t19-/m0/s1. The van der Waals surface area contributed by atoms with E-state index in [-0.39, 0.29) is 0 Å². The number of imide groups is 1. The first-order chi connectivity index (χ1) is 13.1. The van der Waals surface area contributed by atoms with Gasteiger partial charge in [-0.2, -0.15) is 0 Å². The molecule has 0 aliphatic heterocycles. The minimum absolute atomic E-state index is 0.348. The summed E-state index contributed by atoms with van der Waals surface area (Å²) in [7, 11) is 0. The van der Waals surface area contributed by atoms with Crippen LogP contribution in [-0.2, 0) is 11.2 Å². The number of nitrogens with one attached hydrogen (secondary N) is 2. The van der Waals surface area contributed by atoms with E-state index in [2.05, 4.69) is 10.3 Å². The lowest BCUT2D eigenvalue weighted by Gasteiger charge is -2.11. The number of carbonyl (C=O) groups excluding carboxylic acids is 2. The van der Waals surface area contributed by atoms with E-state index in [9.17, 15) is 9.59 Å². The smallest absolute Gasteiger partial charge is 0.257 e. The largest absolute Gasteiger partial charge is 0.361 e. The Hall–Kier alpha value is -3.44. The van der Waals surface area contributed by atoms with Crippen LogP contribution >= 0.6 is 0 Å². The van der Waals surface area contributed by atoms with Crippen LogP contribution in [0.3, 0.4) is 0 Å². The summed E-state index contributed by atoms with van der Waals surface area (Å²) in [6, 6.07) is 20.1. The maximum absolute atomic E-state index is 12.4. The van der Waals surface area contributed by atoms with Crippen LogP contribution in [-0.4, -0.2) is 22.8 Å². The number of aromatic nitrogens is 1. The average Bonchev–Trinajstić information content (AvgIpc) is 3.10.